The number of urea groups is 1. The van der Waals surface area contributed by atoms with Crippen LogP contribution in [0.15, 0.2) is 6.07 Å². The fraction of sp³-hybridized carbons (Fsp3) is 0.647. The maximum atomic E-state index is 12.5. The number of hydrogen-bond donors (Lipinski definition) is 3. The van der Waals surface area contributed by atoms with Gasteiger partial charge in [-0.15, -0.1) is 0 Å². The Hall–Kier alpha value is -2.38. The average Bonchev–Trinajstić information content (AvgIpc) is 2.95. The van der Waals surface area contributed by atoms with E-state index in [0.717, 1.165) is 25.0 Å². The Morgan fingerprint density at radius 2 is 2.12 bits per heavy atom. The zero-order valence-corrected chi connectivity index (χ0v) is 14.3. The van der Waals surface area contributed by atoms with Gasteiger partial charge in [-0.2, -0.15) is 5.10 Å². The zero-order chi connectivity index (χ0) is 17.6. The van der Waals surface area contributed by atoms with Gasteiger partial charge in [0.25, 0.3) is 5.91 Å². The van der Waals surface area contributed by atoms with E-state index < -0.39 is 5.54 Å². The highest BCUT2D eigenvalue weighted by molar-refractivity contribution is 6.07. The van der Waals surface area contributed by atoms with E-state index in [4.69, 9.17) is 0 Å². The summed E-state index contributed by atoms with van der Waals surface area (Å²) in [7, 11) is 0. The molecule has 2 saturated carbocycles. The first-order valence-electron chi connectivity index (χ1n) is 8.98. The first-order chi connectivity index (χ1) is 12.0. The highest BCUT2D eigenvalue weighted by Crippen LogP contribution is 2.46. The lowest BCUT2D eigenvalue weighted by atomic mass is 9.98. The van der Waals surface area contributed by atoms with Crippen molar-refractivity contribution >= 4 is 23.7 Å². The molecule has 2 heterocycles. The lowest BCUT2D eigenvalue weighted by Gasteiger charge is -2.19. The second kappa shape index (κ2) is 5.86. The van der Waals surface area contributed by atoms with Crippen LogP contribution in [0.5, 0.6) is 0 Å². The Kier molecular flexibility index (Phi) is 3.77. The summed E-state index contributed by atoms with van der Waals surface area (Å²) >= 11 is 0. The van der Waals surface area contributed by atoms with Gasteiger partial charge in [-0.3, -0.25) is 19.6 Å². The molecule has 4 rings (SSSR count). The summed E-state index contributed by atoms with van der Waals surface area (Å²) in [6.07, 6.45) is 4.48. The molecular weight excluding hydrogens is 322 g/mol. The third kappa shape index (κ3) is 2.89. The molecule has 0 bridgehead atoms. The van der Waals surface area contributed by atoms with Gasteiger partial charge in [0, 0.05) is 30.6 Å². The lowest BCUT2D eigenvalue weighted by Crippen LogP contribution is -2.44. The smallest absolute Gasteiger partial charge is 0.323 e. The van der Waals surface area contributed by atoms with Crippen LogP contribution in [0.1, 0.15) is 57.1 Å². The van der Waals surface area contributed by atoms with Crippen LogP contribution in [-0.2, 0) is 9.59 Å². The van der Waals surface area contributed by atoms with Gasteiger partial charge in [-0.05, 0) is 25.2 Å². The summed E-state index contributed by atoms with van der Waals surface area (Å²) in [4.78, 5) is 37.9. The van der Waals surface area contributed by atoms with Crippen LogP contribution >= 0.6 is 0 Å². The quantitative estimate of drug-likeness (QED) is 0.706. The minimum atomic E-state index is -0.717. The summed E-state index contributed by atoms with van der Waals surface area (Å²) in [6, 6.07) is 1.47. The number of aromatic nitrogens is 2. The maximum Gasteiger partial charge on any atom is 0.325 e. The first-order valence-corrected chi connectivity index (χ1v) is 8.98. The van der Waals surface area contributed by atoms with Crippen LogP contribution in [-0.4, -0.2) is 45.0 Å². The summed E-state index contributed by atoms with van der Waals surface area (Å²) in [5.41, 5.74) is 0.325. The Balaban J connectivity index is 1.30. The molecule has 2 atom stereocenters. The van der Waals surface area contributed by atoms with E-state index in [0.29, 0.717) is 30.5 Å². The van der Waals surface area contributed by atoms with Gasteiger partial charge in [0.2, 0.25) is 5.91 Å². The van der Waals surface area contributed by atoms with Crippen molar-refractivity contribution in [2.75, 3.05) is 11.9 Å². The number of imide groups is 1. The fourth-order valence-corrected chi connectivity index (χ4v) is 3.96. The van der Waals surface area contributed by atoms with Crippen molar-refractivity contribution in [1.29, 1.82) is 0 Å². The number of hydrogen-bond acceptors (Lipinski definition) is 4. The van der Waals surface area contributed by atoms with Crippen LogP contribution in [0, 0.1) is 5.92 Å². The molecule has 0 aromatic carbocycles. The molecule has 0 radical (unpaired) electrons. The zero-order valence-electron chi connectivity index (χ0n) is 14.3. The van der Waals surface area contributed by atoms with Gasteiger partial charge in [-0.1, -0.05) is 19.8 Å². The molecule has 25 heavy (non-hydrogen) atoms. The van der Waals surface area contributed by atoms with Crippen molar-refractivity contribution < 1.29 is 14.4 Å². The SMILES string of the molecule is C[C@H]1C[C@@H]1c1cc(NC(=O)CCN2C(=O)NC3(CCCC3)C2=O)n[nH]1. The fourth-order valence-electron chi connectivity index (χ4n) is 3.96. The van der Waals surface area contributed by atoms with E-state index in [2.05, 4.69) is 27.8 Å². The highest BCUT2D eigenvalue weighted by atomic mass is 16.2. The summed E-state index contributed by atoms with van der Waals surface area (Å²) < 4.78 is 0. The minimum Gasteiger partial charge on any atom is -0.323 e. The van der Waals surface area contributed by atoms with E-state index in [1.54, 1.807) is 0 Å². The van der Waals surface area contributed by atoms with Crippen LogP contribution < -0.4 is 10.6 Å². The number of amides is 4. The van der Waals surface area contributed by atoms with Crippen LogP contribution in [0.25, 0.3) is 0 Å². The van der Waals surface area contributed by atoms with E-state index in [-0.39, 0.29) is 30.8 Å². The second-order valence-corrected chi connectivity index (χ2v) is 7.50. The van der Waals surface area contributed by atoms with Crippen molar-refractivity contribution in [2.45, 2.75) is 56.9 Å². The molecule has 0 unspecified atom stereocenters. The third-order valence-electron chi connectivity index (χ3n) is 5.64. The molecule has 134 valence electrons. The molecule has 3 fully saturated rings. The number of nitrogens with zero attached hydrogens (tertiary/aromatic N) is 2. The van der Waals surface area contributed by atoms with Gasteiger partial charge in [0.1, 0.15) is 5.54 Å². The van der Waals surface area contributed by atoms with Crippen LogP contribution in [0.2, 0.25) is 0 Å². The Morgan fingerprint density at radius 1 is 1.40 bits per heavy atom. The van der Waals surface area contributed by atoms with Gasteiger partial charge in [0.15, 0.2) is 5.82 Å². The molecular formula is C17H23N5O3. The van der Waals surface area contributed by atoms with Crippen LogP contribution in [0.4, 0.5) is 10.6 Å². The van der Waals surface area contributed by atoms with E-state index >= 15 is 0 Å². The largest absolute Gasteiger partial charge is 0.325 e. The van der Waals surface area contributed by atoms with Crippen molar-refractivity contribution in [3.05, 3.63) is 11.8 Å². The number of aromatic amines is 1. The highest BCUT2D eigenvalue weighted by Gasteiger charge is 2.52. The number of anilines is 1. The molecule has 2 aliphatic carbocycles. The predicted octanol–water partition coefficient (Wildman–Crippen LogP) is 1.73. The summed E-state index contributed by atoms with van der Waals surface area (Å²) in [5.74, 6) is 1.21. The van der Waals surface area contributed by atoms with E-state index in [1.165, 1.54) is 4.90 Å². The number of rotatable bonds is 5. The summed E-state index contributed by atoms with van der Waals surface area (Å²) in [6.45, 7) is 2.27. The molecule has 1 spiro atoms. The molecule has 3 aliphatic rings. The predicted molar refractivity (Wildman–Crippen MR) is 89.8 cm³/mol. The average molecular weight is 345 g/mol. The van der Waals surface area contributed by atoms with Gasteiger partial charge < -0.3 is 10.6 Å². The molecule has 4 amide bonds. The van der Waals surface area contributed by atoms with Gasteiger partial charge >= 0.3 is 6.03 Å². The third-order valence-corrected chi connectivity index (χ3v) is 5.64. The number of carbonyl (C=O) groups excluding carboxylic acids is 3. The van der Waals surface area contributed by atoms with E-state index in [1.807, 2.05) is 6.07 Å². The Bertz CT molecular complexity index is 722. The number of nitrogens with one attached hydrogen (secondary N) is 3. The maximum absolute atomic E-state index is 12.5. The molecule has 8 nitrogen and oxygen atoms in total. The topological polar surface area (TPSA) is 107 Å². The molecule has 1 saturated heterocycles. The molecule has 1 aliphatic heterocycles. The van der Waals surface area contributed by atoms with Crippen molar-refractivity contribution in [2.24, 2.45) is 5.92 Å². The minimum absolute atomic E-state index is 0.0667. The first kappa shape index (κ1) is 16.1. The lowest BCUT2D eigenvalue weighted by molar-refractivity contribution is -0.131. The molecule has 3 N–H and O–H groups in total. The van der Waals surface area contributed by atoms with Crippen LogP contribution in [0.3, 0.4) is 0 Å². The monoisotopic (exact) mass is 345 g/mol. The van der Waals surface area contributed by atoms with Crippen molar-refractivity contribution in [3.8, 4) is 0 Å². The van der Waals surface area contributed by atoms with Gasteiger partial charge in [0.05, 0.1) is 0 Å². The summed E-state index contributed by atoms with van der Waals surface area (Å²) in [5, 5.41) is 12.6. The number of carbonyl (C=O) groups is 3. The molecule has 1 aromatic rings. The number of H-pyrrole nitrogens is 1. The molecule has 8 heteroatoms. The van der Waals surface area contributed by atoms with E-state index in [9.17, 15) is 14.4 Å². The molecule has 1 aromatic heterocycles. The Morgan fingerprint density at radius 3 is 2.80 bits per heavy atom. The standard InChI is InChI=1S/C17H23N5O3/c1-10-8-11(10)12-9-13(21-20-12)18-14(23)4-7-22-15(24)17(19-16(22)25)5-2-3-6-17/h9-11H,2-8H2,1H3,(H,19,25)(H2,18,20,21,23)/t10-,11-/m0/s1. The van der Waals surface area contributed by atoms with Gasteiger partial charge in [-0.25, -0.2) is 4.79 Å². The van der Waals surface area contributed by atoms with Crippen molar-refractivity contribution in [1.82, 2.24) is 20.4 Å². The second-order valence-electron chi connectivity index (χ2n) is 7.50. The van der Waals surface area contributed by atoms with Crippen molar-refractivity contribution in [3.63, 3.8) is 0 Å². The normalized spacial score (nSPS) is 27.0. The Labute approximate surface area is 145 Å².